The molecular formula is C14H21N5. The van der Waals surface area contributed by atoms with Crippen LogP contribution < -0.4 is 10.2 Å². The van der Waals surface area contributed by atoms with Gasteiger partial charge in [0.1, 0.15) is 17.5 Å². The van der Waals surface area contributed by atoms with Crippen LogP contribution in [0.25, 0.3) is 0 Å². The minimum atomic E-state index is -0.00748. The first-order valence-corrected chi connectivity index (χ1v) is 6.87. The van der Waals surface area contributed by atoms with Crippen LogP contribution >= 0.6 is 0 Å². The third-order valence-corrected chi connectivity index (χ3v) is 3.19. The molecule has 1 atom stereocenters. The van der Waals surface area contributed by atoms with E-state index >= 15 is 0 Å². The smallest absolute Gasteiger partial charge is 0.136 e. The average molecular weight is 259 g/mol. The van der Waals surface area contributed by atoms with E-state index in [0.29, 0.717) is 12.5 Å². The Balaban J connectivity index is 2.20. The average Bonchev–Trinajstić information content (AvgIpc) is 3.22. The summed E-state index contributed by atoms with van der Waals surface area (Å²) in [7, 11) is 1.97. The van der Waals surface area contributed by atoms with Gasteiger partial charge in [0.25, 0.3) is 0 Å². The Bertz CT molecular complexity index is 475. The van der Waals surface area contributed by atoms with Crippen LogP contribution in [0.2, 0.25) is 0 Å². The minimum Gasteiger partial charge on any atom is -0.370 e. The zero-order valence-electron chi connectivity index (χ0n) is 11.8. The Kier molecular flexibility index (Phi) is 4.20. The van der Waals surface area contributed by atoms with Crippen LogP contribution in [-0.2, 0) is 0 Å². The fraction of sp³-hybridized carbons (Fsp3) is 0.643. The number of hydrogen-bond acceptors (Lipinski definition) is 5. The van der Waals surface area contributed by atoms with E-state index in [9.17, 15) is 0 Å². The van der Waals surface area contributed by atoms with Crippen LogP contribution in [0, 0.1) is 17.2 Å². The lowest BCUT2D eigenvalue weighted by Gasteiger charge is -2.20. The van der Waals surface area contributed by atoms with E-state index in [4.69, 9.17) is 5.26 Å². The summed E-state index contributed by atoms with van der Waals surface area (Å²) in [5.74, 6) is 3.23. The molecule has 19 heavy (non-hydrogen) atoms. The molecule has 0 saturated heterocycles. The van der Waals surface area contributed by atoms with Crippen molar-refractivity contribution < 1.29 is 0 Å². The largest absolute Gasteiger partial charge is 0.370 e. The highest BCUT2D eigenvalue weighted by Crippen LogP contribution is 2.39. The van der Waals surface area contributed by atoms with Crippen molar-refractivity contribution >= 4 is 11.6 Å². The van der Waals surface area contributed by atoms with Crippen LogP contribution in [0.15, 0.2) is 6.07 Å². The van der Waals surface area contributed by atoms with E-state index in [0.717, 1.165) is 24.0 Å². The topological polar surface area (TPSA) is 64.8 Å². The molecule has 0 spiro atoms. The fourth-order valence-corrected chi connectivity index (χ4v) is 1.99. The molecular weight excluding hydrogens is 238 g/mol. The van der Waals surface area contributed by atoms with E-state index in [2.05, 4.69) is 28.3 Å². The van der Waals surface area contributed by atoms with Crippen molar-refractivity contribution in [2.45, 2.75) is 32.6 Å². The zero-order chi connectivity index (χ0) is 13.8. The van der Waals surface area contributed by atoms with E-state index in [1.807, 2.05) is 24.9 Å². The van der Waals surface area contributed by atoms with Crippen LogP contribution in [0.1, 0.15) is 38.4 Å². The molecule has 102 valence electrons. The first-order valence-electron chi connectivity index (χ1n) is 6.87. The quantitative estimate of drug-likeness (QED) is 0.849. The van der Waals surface area contributed by atoms with Crippen molar-refractivity contribution in [1.29, 1.82) is 5.26 Å². The molecule has 1 aromatic heterocycles. The molecule has 0 amide bonds. The first kappa shape index (κ1) is 13.6. The molecule has 5 nitrogen and oxygen atoms in total. The fourth-order valence-electron chi connectivity index (χ4n) is 1.99. The van der Waals surface area contributed by atoms with Gasteiger partial charge in [-0.25, -0.2) is 9.97 Å². The van der Waals surface area contributed by atoms with Crippen LogP contribution in [0.5, 0.6) is 0 Å². The van der Waals surface area contributed by atoms with Crippen molar-refractivity contribution in [2.24, 2.45) is 5.92 Å². The maximum atomic E-state index is 8.90. The van der Waals surface area contributed by atoms with Crippen LogP contribution in [-0.4, -0.2) is 30.1 Å². The van der Waals surface area contributed by atoms with Gasteiger partial charge in [-0.15, -0.1) is 0 Å². The molecule has 1 saturated carbocycles. The Morgan fingerprint density at radius 2 is 2.26 bits per heavy atom. The number of nitrogens with one attached hydrogen (secondary N) is 1. The molecule has 5 heteroatoms. The van der Waals surface area contributed by atoms with E-state index < -0.39 is 0 Å². The number of anilines is 2. The lowest BCUT2D eigenvalue weighted by atomic mass is 10.2. The molecule has 1 unspecified atom stereocenters. The minimum absolute atomic E-state index is 0.00748. The van der Waals surface area contributed by atoms with Gasteiger partial charge in [-0.1, -0.05) is 0 Å². The summed E-state index contributed by atoms with van der Waals surface area (Å²) in [5, 5.41) is 12.2. The number of nitriles is 1. The Morgan fingerprint density at radius 1 is 1.53 bits per heavy atom. The van der Waals surface area contributed by atoms with Gasteiger partial charge in [0.15, 0.2) is 0 Å². The molecule has 0 radical (unpaired) electrons. The summed E-state index contributed by atoms with van der Waals surface area (Å²) in [6.45, 7) is 5.51. The van der Waals surface area contributed by atoms with Gasteiger partial charge < -0.3 is 10.2 Å². The summed E-state index contributed by atoms with van der Waals surface area (Å²) in [4.78, 5) is 11.2. The molecule has 1 N–H and O–H groups in total. The second-order valence-electron chi connectivity index (χ2n) is 5.18. The lowest BCUT2D eigenvalue weighted by molar-refractivity contribution is 0.706. The monoisotopic (exact) mass is 259 g/mol. The summed E-state index contributed by atoms with van der Waals surface area (Å²) in [6, 6.07) is 4.21. The molecule has 1 fully saturated rings. The maximum absolute atomic E-state index is 8.90. The summed E-state index contributed by atoms with van der Waals surface area (Å²) < 4.78 is 0. The van der Waals surface area contributed by atoms with Crippen LogP contribution in [0.4, 0.5) is 11.6 Å². The van der Waals surface area contributed by atoms with Gasteiger partial charge in [0.05, 0.1) is 12.0 Å². The van der Waals surface area contributed by atoms with Crippen LogP contribution in [0.3, 0.4) is 0 Å². The molecule has 0 aromatic carbocycles. The van der Waals surface area contributed by atoms with E-state index in [1.165, 1.54) is 12.8 Å². The Hall–Kier alpha value is -1.83. The third-order valence-electron chi connectivity index (χ3n) is 3.19. The summed E-state index contributed by atoms with van der Waals surface area (Å²) >= 11 is 0. The van der Waals surface area contributed by atoms with E-state index in [1.54, 1.807) is 0 Å². The predicted molar refractivity (Wildman–Crippen MR) is 76.2 cm³/mol. The third kappa shape index (κ3) is 3.57. The Morgan fingerprint density at radius 3 is 2.84 bits per heavy atom. The van der Waals surface area contributed by atoms with Crippen molar-refractivity contribution in [1.82, 2.24) is 9.97 Å². The van der Waals surface area contributed by atoms with Gasteiger partial charge in [-0.05, 0) is 26.7 Å². The first-order chi connectivity index (χ1) is 9.13. The standard InChI is InChI=1S/C14H21N5/c1-4-16-12-7-13(19(3)9-10(2)8-15)18-14(17-12)11-5-6-11/h7,10-11H,4-6,9H2,1-3H3,(H,16,17,18). The Labute approximate surface area is 114 Å². The molecule has 1 heterocycles. The highest BCUT2D eigenvalue weighted by molar-refractivity contribution is 5.49. The second-order valence-corrected chi connectivity index (χ2v) is 5.18. The molecule has 2 rings (SSSR count). The highest BCUT2D eigenvalue weighted by atomic mass is 15.2. The highest BCUT2D eigenvalue weighted by Gasteiger charge is 2.27. The number of nitrogens with zero attached hydrogens (tertiary/aromatic N) is 4. The molecule has 1 aliphatic carbocycles. The number of hydrogen-bond donors (Lipinski definition) is 1. The van der Waals surface area contributed by atoms with Gasteiger partial charge >= 0.3 is 0 Å². The normalized spacial score (nSPS) is 15.7. The van der Waals surface area contributed by atoms with Gasteiger partial charge in [0, 0.05) is 32.1 Å². The van der Waals surface area contributed by atoms with Gasteiger partial charge in [0.2, 0.25) is 0 Å². The number of aromatic nitrogens is 2. The van der Waals surface area contributed by atoms with Gasteiger partial charge in [-0.2, -0.15) is 5.26 Å². The molecule has 1 aliphatic rings. The molecule has 0 bridgehead atoms. The molecule has 0 aliphatic heterocycles. The SMILES string of the molecule is CCNc1cc(N(C)CC(C)C#N)nc(C2CC2)n1. The second kappa shape index (κ2) is 5.87. The van der Waals surface area contributed by atoms with Crippen molar-refractivity contribution in [2.75, 3.05) is 30.4 Å². The number of rotatable bonds is 6. The van der Waals surface area contributed by atoms with Crippen molar-refractivity contribution in [3.8, 4) is 6.07 Å². The van der Waals surface area contributed by atoms with E-state index in [-0.39, 0.29) is 5.92 Å². The van der Waals surface area contributed by atoms with Crippen molar-refractivity contribution in [3.05, 3.63) is 11.9 Å². The zero-order valence-corrected chi connectivity index (χ0v) is 11.8. The molecule has 1 aromatic rings. The summed E-state index contributed by atoms with van der Waals surface area (Å²) in [6.07, 6.45) is 2.38. The predicted octanol–water partition coefficient (Wildman–Crippen LogP) is 2.38. The van der Waals surface area contributed by atoms with Crippen molar-refractivity contribution in [3.63, 3.8) is 0 Å². The lowest BCUT2D eigenvalue weighted by Crippen LogP contribution is -2.25. The van der Waals surface area contributed by atoms with Gasteiger partial charge in [-0.3, -0.25) is 0 Å². The summed E-state index contributed by atoms with van der Waals surface area (Å²) in [5.41, 5.74) is 0. The maximum Gasteiger partial charge on any atom is 0.136 e.